The molecule has 0 fully saturated rings. The highest BCUT2D eigenvalue weighted by atomic mass is 19.3. The molecule has 0 aromatic carbocycles. The molecule has 7 heteroatoms. The number of aromatic nitrogens is 3. The second-order valence-electron chi connectivity index (χ2n) is 5.28. The van der Waals surface area contributed by atoms with Crippen LogP contribution >= 0.6 is 0 Å². The van der Waals surface area contributed by atoms with Gasteiger partial charge in [0.05, 0.1) is 17.6 Å². The molecule has 0 aliphatic rings. The van der Waals surface area contributed by atoms with Crippen molar-refractivity contribution in [2.24, 2.45) is 5.73 Å². The lowest BCUT2D eigenvalue weighted by atomic mass is 10.2. The van der Waals surface area contributed by atoms with Gasteiger partial charge in [0.15, 0.2) is 0 Å². The third-order valence-electron chi connectivity index (χ3n) is 3.30. The van der Waals surface area contributed by atoms with Gasteiger partial charge >= 0.3 is 0 Å². The molecule has 0 radical (unpaired) electrons. The van der Waals surface area contributed by atoms with E-state index in [0.717, 1.165) is 6.20 Å². The van der Waals surface area contributed by atoms with Gasteiger partial charge in [-0.3, -0.25) is 15.0 Å². The minimum Gasteiger partial charge on any atom is -0.489 e. The Morgan fingerprint density at radius 3 is 2.71 bits per heavy atom. The quantitative estimate of drug-likeness (QED) is 0.422. The third-order valence-corrected chi connectivity index (χ3v) is 3.30. The number of halogens is 2. The lowest BCUT2D eigenvalue weighted by molar-refractivity contribution is 0.151. The van der Waals surface area contributed by atoms with Crippen LogP contribution in [0.1, 0.15) is 23.4 Å². The minimum absolute atomic E-state index is 0.118. The Hall–Kier alpha value is -3.79. The molecule has 0 saturated heterocycles. The Labute approximate surface area is 161 Å². The summed E-state index contributed by atoms with van der Waals surface area (Å²) in [6, 6.07) is 2.85. The molecule has 2 aromatic rings. The van der Waals surface area contributed by atoms with E-state index in [2.05, 4.69) is 33.0 Å². The average Bonchev–Trinajstić information content (AvgIpc) is 2.73. The van der Waals surface area contributed by atoms with E-state index < -0.39 is 6.43 Å². The maximum absolute atomic E-state index is 12.5. The number of pyridine rings is 1. The second-order valence-corrected chi connectivity index (χ2v) is 5.28. The number of alkyl halides is 2. The maximum Gasteiger partial charge on any atom is 0.265 e. The molecule has 2 rings (SSSR count). The monoisotopic (exact) mass is 380 g/mol. The number of nitrogens with zero attached hydrogens (tertiary/aromatic N) is 3. The Balaban J connectivity index is 2.02. The molecule has 2 N–H and O–H groups in total. The van der Waals surface area contributed by atoms with Crippen LogP contribution in [0, 0.1) is 0 Å². The fraction of sp³-hybridized carbons (Fsp3) is 0.0952. The van der Waals surface area contributed by atoms with Crippen LogP contribution in [-0.4, -0.2) is 21.6 Å². The van der Waals surface area contributed by atoms with E-state index >= 15 is 0 Å². The molecule has 0 aliphatic carbocycles. The summed E-state index contributed by atoms with van der Waals surface area (Å²) in [4.78, 5) is 12.0. The van der Waals surface area contributed by atoms with Crippen LogP contribution in [0.3, 0.4) is 0 Å². The molecule has 0 amide bonds. The van der Waals surface area contributed by atoms with Gasteiger partial charge in [-0.15, -0.1) is 0 Å². The van der Waals surface area contributed by atoms with Crippen molar-refractivity contribution in [2.75, 3.05) is 6.61 Å². The number of nitrogens with two attached hydrogens (primary N) is 1. The summed E-state index contributed by atoms with van der Waals surface area (Å²) >= 11 is 0. The largest absolute Gasteiger partial charge is 0.489 e. The van der Waals surface area contributed by atoms with Crippen LogP contribution < -0.4 is 5.73 Å². The van der Waals surface area contributed by atoms with E-state index in [4.69, 9.17) is 10.5 Å². The van der Waals surface area contributed by atoms with Crippen molar-refractivity contribution < 1.29 is 13.5 Å². The van der Waals surface area contributed by atoms with Gasteiger partial charge < -0.3 is 10.5 Å². The summed E-state index contributed by atoms with van der Waals surface area (Å²) in [5, 5.41) is 0. The number of hydrogen-bond donors (Lipinski definition) is 1. The summed E-state index contributed by atoms with van der Waals surface area (Å²) in [6.45, 7) is 3.67. The molecule has 0 unspecified atom stereocenters. The molecule has 2 heterocycles. The first-order valence-electron chi connectivity index (χ1n) is 8.18. The zero-order valence-corrected chi connectivity index (χ0v) is 14.9. The van der Waals surface area contributed by atoms with E-state index in [1.807, 2.05) is 0 Å². The normalized spacial score (nSPS) is 12.0. The highest BCUT2D eigenvalue weighted by Crippen LogP contribution is 2.17. The molecule has 2 aromatic heterocycles. The van der Waals surface area contributed by atoms with Crippen LogP contribution in [0.25, 0.3) is 11.8 Å². The number of rotatable bonds is 8. The molecule has 0 saturated carbocycles. The van der Waals surface area contributed by atoms with Crippen LogP contribution in [0.15, 0.2) is 85.0 Å². The van der Waals surface area contributed by atoms with E-state index in [1.54, 1.807) is 49.0 Å². The van der Waals surface area contributed by atoms with Gasteiger partial charge in [0.1, 0.15) is 18.1 Å². The predicted molar refractivity (Wildman–Crippen MR) is 104 cm³/mol. The molecule has 0 bridgehead atoms. The van der Waals surface area contributed by atoms with Gasteiger partial charge in [0, 0.05) is 30.2 Å². The first-order chi connectivity index (χ1) is 13.6. The fourth-order valence-corrected chi connectivity index (χ4v) is 1.92. The van der Waals surface area contributed by atoms with Gasteiger partial charge in [0.2, 0.25) is 0 Å². The first kappa shape index (κ1) is 20.5. The van der Waals surface area contributed by atoms with Crippen molar-refractivity contribution in [3.8, 4) is 0 Å². The standard InChI is InChI=1S/C21H18F2N4O/c1-2-3-6-18(9-10-19(24)20-15-25-11-12-26-20)28-13-4-5-17-8-7-16(14-27-17)21(22)23/h4-12,14-15,21H,1,13,24H2/b5-4-,18-9+,19-10-. The van der Waals surface area contributed by atoms with Crippen LogP contribution in [0.5, 0.6) is 0 Å². The highest BCUT2D eigenvalue weighted by Gasteiger charge is 2.05. The van der Waals surface area contributed by atoms with E-state index in [-0.39, 0.29) is 12.2 Å². The Morgan fingerprint density at radius 2 is 2.07 bits per heavy atom. The highest BCUT2D eigenvalue weighted by molar-refractivity contribution is 5.60. The molecule has 0 aliphatic heterocycles. The molecule has 0 atom stereocenters. The molecular weight excluding hydrogens is 362 g/mol. The van der Waals surface area contributed by atoms with Gasteiger partial charge in [-0.25, -0.2) is 8.78 Å². The Morgan fingerprint density at radius 1 is 1.21 bits per heavy atom. The average molecular weight is 380 g/mol. The lowest BCUT2D eigenvalue weighted by Gasteiger charge is -2.03. The SMILES string of the molecule is C=C=C=C/C(=C\C=C(/N)c1cnccn1)OC/C=C\c1ccc(C(F)F)cn1. The first-order valence-corrected chi connectivity index (χ1v) is 8.18. The van der Waals surface area contributed by atoms with Crippen molar-refractivity contribution in [3.05, 3.63) is 102 Å². The lowest BCUT2D eigenvalue weighted by Crippen LogP contribution is -1.99. The maximum atomic E-state index is 12.5. The molecule has 0 spiro atoms. The van der Waals surface area contributed by atoms with Gasteiger partial charge in [0.25, 0.3) is 6.43 Å². The van der Waals surface area contributed by atoms with Gasteiger partial charge in [-0.2, -0.15) is 0 Å². The Kier molecular flexibility index (Phi) is 8.09. The van der Waals surface area contributed by atoms with Crippen molar-refractivity contribution in [2.45, 2.75) is 6.43 Å². The van der Waals surface area contributed by atoms with Gasteiger partial charge in [-0.1, -0.05) is 11.5 Å². The number of allylic oxidation sites excluding steroid dienone is 3. The number of hydrogen-bond acceptors (Lipinski definition) is 5. The summed E-state index contributed by atoms with van der Waals surface area (Å²) in [7, 11) is 0. The minimum atomic E-state index is -2.53. The van der Waals surface area contributed by atoms with Crippen LogP contribution in [0.2, 0.25) is 0 Å². The number of ether oxygens (including phenoxy) is 1. The van der Waals surface area contributed by atoms with E-state index in [9.17, 15) is 8.78 Å². The summed E-state index contributed by atoms with van der Waals surface area (Å²) in [5.74, 6) is 0.466. The zero-order valence-electron chi connectivity index (χ0n) is 14.9. The van der Waals surface area contributed by atoms with Crippen molar-refractivity contribution in [1.29, 1.82) is 0 Å². The van der Waals surface area contributed by atoms with E-state index in [1.165, 1.54) is 12.1 Å². The Bertz CT molecular complexity index is 938. The van der Waals surface area contributed by atoms with Crippen LogP contribution in [-0.2, 0) is 4.74 Å². The van der Waals surface area contributed by atoms with Gasteiger partial charge in [-0.05, 0) is 43.0 Å². The fourth-order valence-electron chi connectivity index (χ4n) is 1.92. The van der Waals surface area contributed by atoms with Crippen molar-refractivity contribution >= 4 is 11.8 Å². The zero-order chi connectivity index (χ0) is 20.2. The summed E-state index contributed by atoms with van der Waals surface area (Å²) < 4.78 is 30.6. The van der Waals surface area contributed by atoms with Crippen LogP contribution in [0.4, 0.5) is 8.78 Å². The third kappa shape index (κ3) is 6.84. The van der Waals surface area contributed by atoms with E-state index in [0.29, 0.717) is 22.8 Å². The molecule has 5 nitrogen and oxygen atoms in total. The predicted octanol–water partition coefficient (Wildman–Crippen LogP) is 4.22. The molecular formula is C21H18F2N4O. The summed E-state index contributed by atoms with van der Waals surface area (Å²) in [5.41, 5.74) is 12.6. The smallest absolute Gasteiger partial charge is 0.265 e. The second kappa shape index (κ2) is 11.0. The molecule has 142 valence electrons. The summed E-state index contributed by atoms with van der Waals surface area (Å²) in [6.07, 6.45) is 11.5. The molecule has 28 heavy (non-hydrogen) atoms. The van der Waals surface area contributed by atoms with Crippen molar-refractivity contribution in [1.82, 2.24) is 15.0 Å². The van der Waals surface area contributed by atoms with Crippen molar-refractivity contribution in [3.63, 3.8) is 0 Å². The topological polar surface area (TPSA) is 73.9 Å².